The summed E-state index contributed by atoms with van der Waals surface area (Å²) in [6, 6.07) is 2.93. The fraction of sp³-hybridized carbons (Fsp3) is 0.667. The third kappa shape index (κ3) is 2.77. The highest BCUT2D eigenvalue weighted by Crippen LogP contribution is 2.33. The first-order valence-electron chi connectivity index (χ1n) is 5.63. The molecule has 2 unspecified atom stereocenters. The molecule has 2 rings (SSSR count). The van der Waals surface area contributed by atoms with Crippen molar-refractivity contribution in [3.63, 3.8) is 0 Å². The molecule has 15 heavy (non-hydrogen) atoms. The summed E-state index contributed by atoms with van der Waals surface area (Å²) >= 11 is 3.86. The second-order valence-corrected chi connectivity index (χ2v) is 6.48. The number of thiophene rings is 1. The Morgan fingerprint density at radius 1 is 1.67 bits per heavy atom. The van der Waals surface area contributed by atoms with Gasteiger partial charge in [-0.3, -0.25) is 0 Å². The van der Waals surface area contributed by atoms with Crippen molar-refractivity contribution in [2.75, 3.05) is 12.8 Å². The van der Waals surface area contributed by atoms with Gasteiger partial charge in [0.05, 0.1) is 0 Å². The van der Waals surface area contributed by atoms with E-state index in [-0.39, 0.29) is 0 Å². The number of hydrogen-bond acceptors (Lipinski definition) is 3. The lowest BCUT2D eigenvalue weighted by Crippen LogP contribution is -2.29. The van der Waals surface area contributed by atoms with Gasteiger partial charge in [-0.1, -0.05) is 6.92 Å². The molecule has 3 heteroatoms. The summed E-state index contributed by atoms with van der Waals surface area (Å²) in [4.78, 5) is 1.61. The predicted octanol–water partition coefficient (Wildman–Crippen LogP) is 3.47. The fourth-order valence-corrected chi connectivity index (χ4v) is 3.34. The van der Waals surface area contributed by atoms with Crippen molar-refractivity contribution in [3.05, 3.63) is 21.9 Å². The van der Waals surface area contributed by atoms with Crippen LogP contribution in [0.4, 0.5) is 0 Å². The smallest absolute Gasteiger partial charge is 0.0331 e. The quantitative estimate of drug-likeness (QED) is 0.866. The van der Waals surface area contributed by atoms with Crippen molar-refractivity contribution >= 4 is 23.1 Å². The van der Waals surface area contributed by atoms with Gasteiger partial charge < -0.3 is 5.32 Å². The van der Waals surface area contributed by atoms with E-state index in [0.717, 1.165) is 6.54 Å². The van der Waals surface area contributed by atoms with Crippen LogP contribution in [-0.2, 0) is 6.42 Å². The Balaban J connectivity index is 1.95. The molecule has 1 aliphatic carbocycles. The fourth-order valence-electron chi connectivity index (χ4n) is 2.09. The van der Waals surface area contributed by atoms with Crippen molar-refractivity contribution in [2.24, 2.45) is 0 Å². The zero-order chi connectivity index (χ0) is 10.7. The SMILES string of the molecule is CSC(C)CNC1CCCc2sccc21. The monoisotopic (exact) mass is 241 g/mol. The molecule has 0 spiro atoms. The molecule has 2 atom stereocenters. The number of nitrogens with one attached hydrogen (secondary N) is 1. The van der Waals surface area contributed by atoms with Gasteiger partial charge in [0.1, 0.15) is 0 Å². The summed E-state index contributed by atoms with van der Waals surface area (Å²) in [7, 11) is 0. The molecule has 0 saturated carbocycles. The van der Waals surface area contributed by atoms with E-state index in [1.165, 1.54) is 19.3 Å². The average molecular weight is 241 g/mol. The van der Waals surface area contributed by atoms with Crippen LogP contribution >= 0.6 is 23.1 Å². The number of thioether (sulfide) groups is 1. The minimum atomic E-state index is 0.620. The van der Waals surface area contributed by atoms with Gasteiger partial charge >= 0.3 is 0 Å². The highest BCUT2D eigenvalue weighted by atomic mass is 32.2. The van der Waals surface area contributed by atoms with E-state index in [1.807, 2.05) is 23.1 Å². The molecule has 1 heterocycles. The summed E-state index contributed by atoms with van der Waals surface area (Å²) in [6.45, 7) is 3.41. The van der Waals surface area contributed by atoms with Crippen LogP contribution in [0.3, 0.4) is 0 Å². The van der Waals surface area contributed by atoms with Gasteiger partial charge in [-0.15, -0.1) is 11.3 Å². The Hall–Kier alpha value is 0.0100. The summed E-state index contributed by atoms with van der Waals surface area (Å²) in [5, 5.41) is 6.66. The summed E-state index contributed by atoms with van der Waals surface area (Å²) < 4.78 is 0. The molecular weight excluding hydrogens is 222 g/mol. The van der Waals surface area contributed by atoms with E-state index in [0.29, 0.717) is 11.3 Å². The summed E-state index contributed by atoms with van der Waals surface area (Å²) in [5.41, 5.74) is 1.57. The standard InChI is InChI=1S/C12H19NS2/c1-9(14-2)8-13-11-4-3-5-12-10(11)6-7-15-12/h6-7,9,11,13H,3-5,8H2,1-2H3. The second-order valence-electron chi connectivity index (χ2n) is 4.20. The van der Waals surface area contributed by atoms with Crippen LogP contribution in [0.2, 0.25) is 0 Å². The Kier molecular flexibility index (Phi) is 4.12. The first-order chi connectivity index (χ1) is 7.31. The van der Waals surface area contributed by atoms with Gasteiger partial charge in [0.2, 0.25) is 0 Å². The maximum atomic E-state index is 3.70. The van der Waals surface area contributed by atoms with Gasteiger partial charge in [-0.25, -0.2) is 0 Å². The molecule has 0 amide bonds. The highest BCUT2D eigenvalue weighted by molar-refractivity contribution is 7.99. The first kappa shape index (κ1) is 11.5. The molecule has 0 bridgehead atoms. The van der Waals surface area contributed by atoms with Crippen molar-refractivity contribution in [1.82, 2.24) is 5.32 Å². The molecule has 0 saturated heterocycles. The Morgan fingerprint density at radius 3 is 3.33 bits per heavy atom. The first-order valence-corrected chi connectivity index (χ1v) is 7.80. The maximum Gasteiger partial charge on any atom is 0.0331 e. The molecule has 1 nitrogen and oxygen atoms in total. The lowest BCUT2D eigenvalue weighted by atomic mass is 9.94. The number of rotatable bonds is 4. The third-order valence-corrected chi connectivity index (χ3v) is 5.07. The Bertz CT molecular complexity index is 308. The molecular formula is C12H19NS2. The molecule has 0 radical (unpaired) electrons. The van der Waals surface area contributed by atoms with Crippen LogP contribution in [0.5, 0.6) is 0 Å². The van der Waals surface area contributed by atoms with Crippen LogP contribution in [0.1, 0.15) is 36.2 Å². The van der Waals surface area contributed by atoms with E-state index in [9.17, 15) is 0 Å². The zero-order valence-electron chi connectivity index (χ0n) is 9.45. The predicted molar refractivity (Wildman–Crippen MR) is 71.0 cm³/mol. The zero-order valence-corrected chi connectivity index (χ0v) is 11.1. The molecule has 0 aromatic carbocycles. The van der Waals surface area contributed by atoms with Crippen LogP contribution in [0.25, 0.3) is 0 Å². The Morgan fingerprint density at radius 2 is 2.53 bits per heavy atom. The highest BCUT2D eigenvalue weighted by Gasteiger charge is 2.20. The molecule has 0 aliphatic heterocycles. The minimum Gasteiger partial charge on any atom is -0.309 e. The number of hydrogen-bond donors (Lipinski definition) is 1. The number of aryl methyl sites for hydroxylation is 1. The largest absolute Gasteiger partial charge is 0.309 e. The van der Waals surface area contributed by atoms with Gasteiger partial charge in [0, 0.05) is 22.7 Å². The van der Waals surface area contributed by atoms with Gasteiger partial charge in [0.15, 0.2) is 0 Å². The maximum absolute atomic E-state index is 3.70. The van der Waals surface area contributed by atoms with E-state index in [2.05, 4.69) is 29.9 Å². The lowest BCUT2D eigenvalue weighted by molar-refractivity contribution is 0.467. The van der Waals surface area contributed by atoms with Crippen molar-refractivity contribution in [2.45, 2.75) is 37.5 Å². The van der Waals surface area contributed by atoms with Crippen LogP contribution in [-0.4, -0.2) is 18.1 Å². The topological polar surface area (TPSA) is 12.0 Å². The Labute approximate surface area is 101 Å². The molecule has 1 N–H and O–H groups in total. The van der Waals surface area contributed by atoms with Crippen LogP contribution in [0, 0.1) is 0 Å². The van der Waals surface area contributed by atoms with Gasteiger partial charge in [-0.2, -0.15) is 11.8 Å². The van der Waals surface area contributed by atoms with Gasteiger partial charge in [0.25, 0.3) is 0 Å². The molecule has 1 aromatic rings. The average Bonchev–Trinajstić information content (AvgIpc) is 2.74. The third-order valence-electron chi connectivity index (χ3n) is 3.11. The lowest BCUT2D eigenvalue weighted by Gasteiger charge is -2.25. The van der Waals surface area contributed by atoms with E-state index < -0.39 is 0 Å². The van der Waals surface area contributed by atoms with Crippen LogP contribution in [0.15, 0.2) is 11.4 Å². The van der Waals surface area contributed by atoms with Crippen LogP contribution < -0.4 is 5.32 Å². The molecule has 1 aliphatic rings. The van der Waals surface area contributed by atoms with Gasteiger partial charge in [-0.05, 0) is 42.5 Å². The van der Waals surface area contributed by atoms with E-state index >= 15 is 0 Å². The normalized spacial score (nSPS) is 22.4. The minimum absolute atomic E-state index is 0.620. The second kappa shape index (κ2) is 5.37. The van der Waals surface area contributed by atoms with E-state index in [1.54, 1.807) is 10.4 Å². The van der Waals surface area contributed by atoms with Crippen molar-refractivity contribution in [3.8, 4) is 0 Å². The molecule has 1 aromatic heterocycles. The number of fused-ring (bicyclic) bond motifs is 1. The van der Waals surface area contributed by atoms with Crippen molar-refractivity contribution < 1.29 is 0 Å². The summed E-state index contributed by atoms with van der Waals surface area (Å²) in [6.07, 6.45) is 6.14. The van der Waals surface area contributed by atoms with Crippen molar-refractivity contribution in [1.29, 1.82) is 0 Å². The molecule has 84 valence electrons. The molecule has 0 fully saturated rings. The summed E-state index contributed by atoms with van der Waals surface area (Å²) in [5.74, 6) is 0. The van der Waals surface area contributed by atoms with E-state index in [4.69, 9.17) is 0 Å².